The summed E-state index contributed by atoms with van der Waals surface area (Å²) in [5, 5.41) is 3.71. The van der Waals surface area contributed by atoms with Crippen LogP contribution in [-0.2, 0) is 9.53 Å². The molecule has 3 atom stereocenters. The molecule has 2 fully saturated rings. The summed E-state index contributed by atoms with van der Waals surface area (Å²) >= 11 is 5.86. The fourth-order valence-corrected chi connectivity index (χ4v) is 3.54. The Morgan fingerprint density at radius 3 is 2.68 bits per heavy atom. The van der Waals surface area contributed by atoms with E-state index in [9.17, 15) is 9.59 Å². The van der Waals surface area contributed by atoms with Crippen LogP contribution >= 0.6 is 11.6 Å². The molecular weight excluding hydrogens is 342 g/mol. The van der Waals surface area contributed by atoms with E-state index in [1.807, 2.05) is 0 Å². The smallest absolute Gasteiger partial charge is 0.251 e. The molecule has 136 valence electrons. The van der Waals surface area contributed by atoms with Crippen molar-refractivity contribution in [2.45, 2.75) is 31.0 Å². The van der Waals surface area contributed by atoms with Gasteiger partial charge in [0.25, 0.3) is 5.91 Å². The van der Waals surface area contributed by atoms with Crippen molar-refractivity contribution in [3.63, 3.8) is 0 Å². The van der Waals surface area contributed by atoms with E-state index in [-0.39, 0.29) is 24.0 Å². The van der Waals surface area contributed by atoms with Crippen LogP contribution in [0.2, 0.25) is 5.02 Å². The van der Waals surface area contributed by atoms with Gasteiger partial charge in [-0.05, 0) is 30.7 Å². The molecule has 1 aromatic carbocycles. The number of ether oxygens (including phenoxy) is 1. The zero-order valence-corrected chi connectivity index (χ0v) is 15.3. The maximum Gasteiger partial charge on any atom is 0.251 e. The molecule has 2 heterocycles. The van der Waals surface area contributed by atoms with Crippen LogP contribution in [0.1, 0.15) is 23.2 Å². The van der Waals surface area contributed by atoms with E-state index in [2.05, 4.69) is 10.2 Å². The third-order valence-electron chi connectivity index (χ3n) is 4.83. The van der Waals surface area contributed by atoms with Crippen LogP contribution in [0.25, 0.3) is 0 Å². The van der Waals surface area contributed by atoms with Crippen LogP contribution < -0.4 is 5.32 Å². The van der Waals surface area contributed by atoms with Crippen molar-refractivity contribution < 1.29 is 14.3 Å². The van der Waals surface area contributed by atoms with Gasteiger partial charge < -0.3 is 15.0 Å². The number of fused-ring (bicyclic) bond motifs is 1. The van der Waals surface area contributed by atoms with Gasteiger partial charge in [0.15, 0.2) is 0 Å². The number of nitrogens with zero attached hydrogens (tertiary/aromatic N) is 2. The molecule has 0 unspecified atom stereocenters. The molecule has 0 aliphatic carbocycles. The van der Waals surface area contributed by atoms with Gasteiger partial charge in [-0.3, -0.25) is 14.5 Å². The highest BCUT2D eigenvalue weighted by Crippen LogP contribution is 2.25. The van der Waals surface area contributed by atoms with E-state index >= 15 is 0 Å². The molecule has 1 aromatic rings. The van der Waals surface area contributed by atoms with Crippen molar-refractivity contribution in [1.29, 1.82) is 0 Å². The second kappa shape index (κ2) is 7.72. The molecule has 2 aliphatic heterocycles. The van der Waals surface area contributed by atoms with E-state index in [0.29, 0.717) is 29.7 Å². The lowest BCUT2D eigenvalue weighted by atomic mass is 10.1. The molecule has 2 aliphatic rings. The average Bonchev–Trinajstić information content (AvgIpc) is 2.96. The van der Waals surface area contributed by atoms with Crippen LogP contribution in [-0.4, -0.2) is 73.6 Å². The summed E-state index contributed by atoms with van der Waals surface area (Å²) in [4.78, 5) is 28.1. The summed E-state index contributed by atoms with van der Waals surface area (Å²) < 4.78 is 5.85. The van der Waals surface area contributed by atoms with Crippen molar-refractivity contribution in [3.05, 3.63) is 34.9 Å². The zero-order chi connectivity index (χ0) is 18.0. The number of carbonyl (C=O) groups excluding carboxylic acids is 2. The number of carbonyl (C=O) groups is 2. The molecule has 3 rings (SSSR count). The molecule has 2 amide bonds. The van der Waals surface area contributed by atoms with Crippen molar-refractivity contribution in [3.8, 4) is 0 Å². The number of benzene rings is 1. The number of morpholine rings is 1. The molecule has 1 N–H and O–H groups in total. The Bertz CT molecular complexity index is 635. The quantitative estimate of drug-likeness (QED) is 0.876. The molecule has 0 bridgehead atoms. The van der Waals surface area contributed by atoms with Crippen LogP contribution in [0.3, 0.4) is 0 Å². The summed E-state index contributed by atoms with van der Waals surface area (Å²) in [5.74, 6) is -0.00277. The number of rotatable bonds is 4. The molecule has 0 radical (unpaired) electrons. The van der Waals surface area contributed by atoms with E-state index < -0.39 is 0 Å². The second-order valence-corrected chi connectivity index (χ2v) is 7.40. The Balaban J connectivity index is 1.52. The Kier molecular flexibility index (Phi) is 5.61. The zero-order valence-electron chi connectivity index (χ0n) is 14.6. The van der Waals surface area contributed by atoms with E-state index in [0.717, 1.165) is 19.5 Å². The Morgan fingerprint density at radius 2 is 2.00 bits per heavy atom. The molecule has 0 aromatic heterocycles. The lowest BCUT2D eigenvalue weighted by Gasteiger charge is -2.35. The van der Waals surface area contributed by atoms with E-state index in [1.54, 1.807) is 43.3 Å². The average molecular weight is 366 g/mol. The third kappa shape index (κ3) is 4.51. The summed E-state index contributed by atoms with van der Waals surface area (Å²) in [5.41, 5.74) is 0.611. The fourth-order valence-electron chi connectivity index (χ4n) is 3.42. The normalized spacial score (nSPS) is 26.1. The predicted octanol–water partition coefficient (Wildman–Crippen LogP) is 1.39. The van der Waals surface area contributed by atoms with Crippen molar-refractivity contribution >= 4 is 23.4 Å². The van der Waals surface area contributed by atoms with Crippen molar-refractivity contribution in [2.75, 3.05) is 33.8 Å². The number of hydrogen-bond acceptors (Lipinski definition) is 4. The third-order valence-corrected chi connectivity index (χ3v) is 5.09. The second-order valence-electron chi connectivity index (χ2n) is 6.97. The summed E-state index contributed by atoms with van der Waals surface area (Å²) in [6.07, 6.45) is 1.20. The first-order chi connectivity index (χ1) is 11.9. The number of nitrogens with one attached hydrogen (secondary N) is 1. The van der Waals surface area contributed by atoms with E-state index in [1.165, 1.54) is 0 Å². The van der Waals surface area contributed by atoms with Gasteiger partial charge in [-0.2, -0.15) is 0 Å². The fraction of sp³-hybridized carbons (Fsp3) is 0.556. The minimum absolute atomic E-state index is 0.0723. The van der Waals surface area contributed by atoms with Crippen LogP contribution in [0, 0.1) is 0 Å². The van der Waals surface area contributed by atoms with Gasteiger partial charge >= 0.3 is 0 Å². The molecule has 2 saturated heterocycles. The molecular formula is C18H24ClN3O3. The minimum Gasteiger partial charge on any atom is -0.375 e. The Labute approximate surface area is 153 Å². The maximum atomic E-state index is 12.3. The molecule has 0 saturated carbocycles. The first kappa shape index (κ1) is 18.2. The van der Waals surface area contributed by atoms with Gasteiger partial charge in [0.1, 0.15) is 0 Å². The number of amides is 2. The molecule has 25 heavy (non-hydrogen) atoms. The van der Waals surface area contributed by atoms with Crippen molar-refractivity contribution in [1.82, 2.24) is 15.1 Å². The SMILES string of the molecule is CN(C)C(=O)C[C@H]1CN2C[C@@H](NC(=O)c3ccc(Cl)cc3)C[C@H]2CO1. The highest BCUT2D eigenvalue weighted by Gasteiger charge is 2.38. The van der Waals surface area contributed by atoms with Gasteiger partial charge in [-0.25, -0.2) is 0 Å². The summed E-state index contributed by atoms with van der Waals surface area (Å²) in [6.45, 7) is 2.14. The lowest BCUT2D eigenvalue weighted by Crippen LogP contribution is -2.47. The van der Waals surface area contributed by atoms with Gasteiger partial charge in [0.2, 0.25) is 5.91 Å². The predicted molar refractivity (Wildman–Crippen MR) is 95.7 cm³/mol. The number of hydrogen-bond donors (Lipinski definition) is 1. The first-order valence-electron chi connectivity index (χ1n) is 8.54. The van der Waals surface area contributed by atoms with Crippen LogP contribution in [0.4, 0.5) is 0 Å². The molecule has 7 heteroatoms. The topological polar surface area (TPSA) is 61.9 Å². The van der Waals surface area contributed by atoms with Crippen LogP contribution in [0.15, 0.2) is 24.3 Å². The van der Waals surface area contributed by atoms with E-state index in [4.69, 9.17) is 16.3 Å². The monoisotopic (exact) mass is 365 g/mol. The Morgan fingerprint density at radius 1 is 1.28 bits per heavy atom. The summed E-state index contributed by atoms with van der Waals surface area (Å²) in [6, 6.07) is 7.29. The minimum atomic E-state index is -0.0817. The van der Waals surface area contributed by atoms with Gasteiger partial charge in [0.05, 0.1) is 19.1 Å². The maximum absolute atomic E-state index is 12.3. The number of halogens is 1. The van der Waals surface area contributed by atoms with Crippen molar-refractivity contribution in [2.24, 2.45) is 0 Å². The van der Waals surface area contributed by atoms with Gasteiger partial charge in [0, 0.05) is 49.9 Å². The highest BCUT2D eigenvalue weighted by molar-refractivity contribution is 6.30. The lowest BCUT2D eigenvalue weighted by molar-refractivity contribution is -0.134. The largest absolute Gasteiger partial charge is 0.375 e. The Hall–Kier alpha value is -1.63. The summed E-state index contributed by atoms with van der Waals surface area (Å²) in [7, 11) is 3.51. The molecule has 6 nitrogen and oxygen atoms in total. The first-order valence-corrected chi connectivity index (χ1v) is 8.92. The highest BCUT2D eigenvalue weighted by atomic mass is 35.5. The molecule has 0 spiro atoms. The van der Waals surface area contributed by atoms with Gasteiger partial charge in [-0.1, -0.05) is 11.6 Å². The standard InChI is InChI=1S/C18H24ClN3O3/c1-21(2)17(23)8-16-10-22-9-14(7-15(22)11-25-16)20-18(24)12-3-5-13(19)6-4-12/h3-6,14-16H,7-11H2,1-2H3,(H,20,24)/t14-,15-,16-/m0/s1. The van der Waals surface area contributed by atoms with Crippen LogP contribution in [0.5, 0.6) is 0 Å². The van der Waals surface area contributed by atoms with Gasteiger partial charge in [-0.15, -0.1) is 0 Å².